The monoisotopic (exact) mass is 278 g/mol. The highest BCUT2D eigenvalue weighted by Gasteiger charge is 2.28. The van der Waals surface area contributed by atoms with Gasteiger partial charge in [-0.25, -0.2) is 4.98 Å². The van der Waals surface area contributed by atoms with E-state index in [4.69, 9.17) is 9.52 Å². The van der Waals surface area contributed by atoms with Crippen molar-refractivity contribution in [3.63, 3.8) is 0 Å². The molecule has 19 heavy (non-hydrogen) atoms. The average Bonchev–Trinajstić information content (AvgIpc) is 2.95. The smallest absolute Gasteiger partial charge is 0.303 e. The standard InChI is InChI=1S/C13H14N2O3S/c16-12(17)4-9-5-15(6-9)7-10-8-19-13(14-10)11-2-1-3-18-11/h1-3,8-9H,4-7H2,(H,16,17). The molecule has 3 rings (SSSR count). The molecule has 3 heterocycles. The van der Waals surface area contributed by atoms with E-state index in [0.29, 0.717) is 5.92 Å². The van der Waals surface area contributed by atoms with Crippen molar-refractivity contribution in [2.24, 2.45) is 5.92 Å². The molecule has 0 saturated carbocycles. The number of hydrogen-bond donors (Lipinski definition) is 1. The third-order valence-corrected chi connectivity index (χ3v) is 4.07. The summed E-state index contributed by atoms with van der Waals surface area (Å²) >= 11 is 1.57. The van der Waals surface area contributed by atoms with Crippen LogP contribution in [0.25, 0.3) is 10.8 Å². The second-order valence-electron chi connectivity index (χ2n) is 4.78. The molecule has 0 unspecified atom stereocenters. The normalized spacial score (nSPS) is 16.4. The first-order valence-corrected chi connectivity index (χ1v) is 7.01. The fourth-order valence-corrected chi connectivity index (χ4v) is 3.08. The molecular formula is C13H14N2O3S. The van der Waals surface area contributed by atoms with Crippen LogP contribution in [0.15, 0.2) is 28.2 Å². The maximum Gasteiger partial charge on any atom is 0.303 e. The van der Waals surface area contributed by atoms with Gasteiger partial charge in [-0.05, 0) is 18.1 Å². The first-order chi connectivity index (χ1) is 9.20. The third kappa shape index (κ3) is 2.85. The van der Waals surface area contributed by atoms with Crippen LogP contribution in [0.4, 0.5) is 0 Å². The molecule has 1 aliphatic rings. The molecule has 1 aliphatic heterocycles. The Balaban J connectivity index is 1.53. The fourth-order valence-electron chi connectivity index (χ4n) is 2.30. The number of carboxylic acid groups (broad SMARTS) is 1. The number of aliphatic carboxylic acids is 1. The van der Waals surface area contributed by atoms with Crippen LogP contribution in [0, 0.1) is 5.92 Å². The molecule has 0 bridgehead atoms. The lowest BCUT2D eigenvalue weighted by Gasteiger charge is -2.38. The summed E-state index contributed by atoms with van der Waals surface area (Å²) < 4.78 is 5.31. The van der Waals surface area contributed by atoms with Crippen molar-refractivity contribution in [3.05, 3.63) is 29.5 Å². The van der Waals surface area contributed by atoms with Crippen molar-refractivity contribution < 1.29 is 14.3 Å². The quantitative estimate of drug-likeness (QED) is 0.909. The van der Waals surface area contributed by atoms with Gasteiger partial charge in [0, 0.05) is 25.0 Å². The molecule has 5 nitrogen and oxygen atoms in total. The first kappa shape index (κ1) is 12.4. The number of aromatic nitrogens is 1. The molecule has 100 valence electrons. The zero-order valence-corrected chi connectivity index (χ0v) is 11.1. The summed E-state index contributed by atoms with van der Waals surface area (Å²) in [4.78, 5) is 17.3. The first-order valence-electron chi connectivity index (χ1n) is 6.13. The maximum atomic E-state index is 10.6. The maximum absolute atomic E-state index is 10.6. The van der Waals surface area contributed by atoms with E-state index in [1.54, 1.807) is 17.6 Å². The molecule has 1 N–H and O–H groups in total. The van der Waals surface area contributed by atoms with Gasteiger partial charge < -0.3 is 9.52 Å². The predicted molar refractivity (Wildman–Crippen MR) is 70.8 cm³/mol. The van der Waals surface area contributed by atoms with Crippen molar-refractivity contribution >= 4 is 17.3 Å². The Morgan fingerprint density at radius 2 is 2.42 bits per heavy atom. The van der Waals surface area contributed by atoms with Gasteiger partial charge in [-0.1, -0.05) is 0 Å². The molecule has 0 radical (unpaired) electrons. The summed E-state index contributed by atoms with van der Waals surface area (Å²) in [5, 5.41) is 11.6. The molecule has 6 heteroatoms. The summed E-state index contributed by atoms with van der Waals surface area (Å²) in [6.45, 7) is 2.48. The summed E-state index contributed by atoms with van der Waals surface area (Å²) in [5.41, 5.74) is 1.02. The predicted octanol–water partition coefficient (Wildman–Crippen LogP) is 2.31. The number of thiazole rings is 1. The molecule has 2 aromatic heterocycles. The number of hydrogen-bond acceptors (Lipinski definition) is 5. The molecule has 0 amide bonds. The zero-order chi connectivity index (χ0) is 13.2. The summed E-state index contributed by atoms with van der Waals surface area (Å²) in [7, 11) is 0. The van der Waals surface area contributed by atoms with E-state index >= 15 is 0 Å². The number of likely N-dealkylation sites (tertiary alicyclic amines) is 1. The Morgan fingerprint density at radius 3 is 3.11 bits per heavy atom. The number of furan rings is 1. The zero-order valence-electron chi connectivity index (χ0n) is 10.3. The molecule has 0 spiro atoms. The molecular weight excluding hydrogens is 264 g/mol. The Bertz CT molecular complexity index is 558. The third-order valence-electron chi connectivity index (χ3n) is 3.17. The number of nitrogens with zero attached hydrogens (tertiary/aromatic N) is 2. The van der Waals surface area contributed by atoms with Gasteiger partial charge in [0.15, 0.2) is 10.8 Å². The van der Waals surface area contributed by atoms with Crippen LogP contribution in [-0.4, -0.2) is 34.0 Å². The van der Waals surface area contributed by atoms with E-state index in [-0.39, 0.29) is 6.42 Å². The largest absolute Gasteiger partial charge is 0.481 e. The van der Waals surface area contributed by atoms with Crippen molar-refractivity contribution in [2.75, 3.05) is 13.1 Å². The summed E-state index contributed by atoms with van der Waals surface area (Å²) in [6, 6.07) is 3.75. The van der Waals surface area contributed by atoms with E-state index in [2.05, 4.69) is 9.88 Å². The minimum absolute atomic E-state index is 0.269. The molecule has 0 aromatic carbocycles. The van der Waals surface area contributed by atoms with Crippen molar-refractivity contribution in [2.45, 2.75) is 13.0 Å². The lowest BCUT2D eigenvalue weighted by molar-refractivity contribution is -0.139. The highest BCUT2D eigenvalue weighted by molar-refractivity contribution is 7.13. The van der Waals surface area contributed by atoms with Crippen LogP contribution >= 0.6 is 11.3 Å². The molecule has 1 saturated heterocycles. The van der Waals surface area contributed by atoms with Gasteiger partial charge in [-0.3, -0.25) is 9.69 Å². The second-order valence-corrected chi connectivity index (χ2v) is 5.64. The lowest BCUT2D eigenvalue weighted by atomic mass is 9.96. The van der Waals surface area contributed by atoms with Crippen LogP contribution in [0.3, 0.4) is 0 Å². The highest BCUT2D eigenvalue weighted by Crippen LogP contribution is 2.26. The molecule has 0 aliphatic carbocycles. The van der Waals surface area contributed by atoms with Gasteiger partial charge in [0.05, 0.1) is 18.4 Å². The number of carbonyl (C=O) groups is 1. The molecule has 0 atom stereocenters. The Kier molecular flexibility index (Phi) is 3.35. The van der Waals surface area contributed by atoms with Crippen LogP contribution in [0.5, 0.6) is 0 Å². The van der Waals surface area contributed by atoms with Gasteiger partial charge in [0.25, 0.3) is 0 Å². The SMILES string of the molecule is O=C(O)CC1CN(Cc2csc(-c3ccco3)n2)C1. The minimum Gasteiger partial charge on any atom is -0.481 e. The molecule has 2 aromatic rings. The van der Waals surface area contributed by atoms with E-state index in [1.165, 1.54) is 0 Å². The van der Waals surface area contributed by atoms with Gasteiger partial charge in [-0.2, -0.15) is 0 Å². The molecule has 1 fully saturated rings. The van der Waals surface area contributed by atoms with Crippen molar-refractivity contribution in [1.29, 1.82) is 0 Å². The second kappa shape index (κ2) is 5.14. The van der Waals surface area contributed by atoms with E-state index < -0.39 is 5.97 Å². The lowest BCUT2D eigenvalue weighted by Crippen LogP contribution is -2.46. The van der Waals surface area contributed by atoms with Gasteiger partial charge in [0.1, 0.15) is 0 Å². The van der Waals surface area contributed by atoms with Gasteiger partial charge in [0.2, 0.25) is 0 Å². The number of rotatable bonds is 5. The van der Waals surface area contributed by atoms with E-state index in [9.17, 15) is 4.79 Å². The number of carboxylic acids is 1. The van der Waals surface area contributed by atoms with Crippen molar-refractivity contribution in [1.82, 2.24) is 9.88 Å². The summed E-state index contributed by atoms with van der Waals surface area (Å²) in [6.07, 6.45) is 1.91. The highest BCUT2D eigenvalue weighted by atomic mass is 32.1. The van der Waals surface area contributed by atoms with Crippen LogP contribution < -0.4 is 0 Å². The summed E-state index contributed by atoms with van der Waals surface area (Å²) in [5.74, 6) is 0.378. The van der Waals surface area contributed by atoms with Crippen LogP contribution in [-0.2, 0) is 11.3 Å². The van der Waals surface area contributed by atoms with E-state index in [1.807, 2.05) is 17.5 Å². The fraction of sp³-hybridized carbons (Fsp3) is 0.385. The van der Waals surface area contributed by atoms with Crippen LogP contribution in [0.1, 0.15) is 12.1 Å². The Labute approximate surface area is 114 Å². The minimum atomic E-state index is -0.710. The van der Waals surface area contributed by atoms with Gasteiger partial charge >= 0.3 is 5.97 Å². The van der Waals surface area contributed by atoms with Crippen LogP contribution in [0.2, 0.25) is 0 Å². The Hall–Kier alpha value is -1.66. The van der Waals surface area contributed by atoms with E-state index in [0.717, 1.165) is 36.1 Å². The topological polar surface area (TPSA) is 66.6 Å². The average molecular weight is 278 g/mol. The Morgan fingerprint density at radius 1 is 1.58 bits per heavy atom. The van der Waals surface area contributed by atoms with Gasteiger partial charge in [-0.15, -0.1) is 11.3 Å². The van der Waals surface area contributed by atoms with Crippen molar-refractivity contribution in [3.8, 4) is 10.8 Å².